The summed E-state index contributed by atoms with van der Waals surface area (Å²) in [6.07, 6.45) is -0.353. The van der Waals surface area contributed by atoms with E-state index in [1.54, 1.807) is 6.07 Å². The predicted molar refractivity (Wildman–Crippen MR) is 88.4 cm³/mol. The number of carbonyl (C=O) groups is 2. The molecule has 0 saturated heterocycles. The Labute approximate surface area is 146 Å². The molecule has 7 nitrogen and oxygen atoms in total. The summed E-state index contributed by atoms with van der Waals surface area (Å²) in [6.45, 7) is 0. The van der Waals surface area contributed by atoms with Crippen molar-refractivity contribution in [3.63, 3.8) is 0 Å². The molecule has 0 fully saturated rings. The summed E-state index contributed by atoms with van der Waals surface area (Å²) >= 11 is 2.96. The molecule has 0 bridgehead atoms. The number of rotatable bonds is 8. The van der Waals surface area contributed by atoms with Gasteiger partial charge in [0.2, 0.25) is 0 Å². The second-order valence-corrected chi connectivity index (χ2v) is 11.1. The molecule has 0 atom stereocenters. The van der Waals surface area contributed by atoms with E-state index in [0.29, 0.717) is 0 Å². The minimum absolute atomic E-state index is 0.0123. The average Bonchev–Trinajstić information content (AvgIpc) is 2.44. The first-order chi connectivity index (χ1) is 10.5. The van der Waals surface area contributed by atoms with Gasteiger partial charge in [0.25, 0.3) is 0 Å². The van der Waals surface area contributed by atoms with Crippen molar-refractivity contribution in [3.05, 3.63) is 29.8 Å². The Balaban J connectivity index is 2.61. The molecule has 0 heterocycles. The molecule has 127 valence electrons. The van der Waals surface area contributed by atoms with Crippen molar-refractivity contribution < 1.29 is 31.0 Å². The molecule has 0 aliphatic heterocycles. The van der Waals surface area contributed by atoms with Crippen molar-refractivity contribution in [2.24, 2.45) is 0 Å². The fraction of sp³-hybridized carbons (Fsp3) is 0.333. The predicted octanol–water partition coefficient (Wildman–Crippen LogP) is 0.457. The Bertz CT molecular complexity index is 800. The molecule has 1 radical (unpaired) electrons. The Kier molecular flexibility index (Phi) is 7.47. The topological polar surface area (TPSA) is 123 Å². The summed E-state index contributed by atoms with van der Waals surface area (Å²) in [6, 6.07) is 5.93. The first kappa shape index (κ1) is 20.4. The number of carbonyl (C=O) groups excluding carboxylic acids is 2. The van der Waals surface area contributed by atoms with Gasteiger partial charge in [-0.25, -0.2) is 0 Å². The molecule has 0 aliphatic rings. The first-order valence-electron chi connectivity index (χ1n) is 6.23. The summed E-state index contributed by atoms with van der Waals surface area (Å²) in [5.41, 5.74) is -0.0529. The molecule has 0 saturated carbocycles. The Morgan fingerprint density at radius 1 is 1.09 bits per heavy atom. The van der Waals surface area contributed by atoms with Gasteiger partial charge in [-0.05, 0) is 0 Å². The molecule has 0 spiro atoms. The van der Waals surface area contributed by atoms with Crippen molar-refractivity contribution in [1.82, 2.24) is 0 Å². The zero-order valence-electron chi connectivity index (χ0n) is 11.7. The molecule has 0 unspecified atom stereocenters. The van der Waals surface area contributed by atoms with Crippen LogP contribution in [0.25, 0.3) is 0 Å². The second kappa shape index (κ2) is 8.43. The van der Waals surface area contributed by atoms with E-state index >= 15 is 0 Å². The summed E-state index contributed by atoms with van der Waals surface area (Å²) in [7, 11) is -8.27. The number of hydrogen-bond acceptors (Lipinski definition) is 7. The van der Waals surface area contributed by atoms with Crippen LogP contribution in [-0.2, 0) is 24.7 Å². The van der Waals surface area contributed by atoms with Crippen LogP contribution < -0.4 is 0 Å². The van der Waals surface area contributed by atoms with E-state index in [2.05, 4.69) is 12.6 Å². The molecular weight excluding hydrogens is 427 g/mol. The van der Waals surface area contributed by atoms with Gasteiger partial charge < -0.3 is 0 Å². The van der Waals surface area contributed by atoms with Crippen LogP contribution in [0.15, 0.2) is 29.2 Å². The maximum absolute atomic E-state index is 12.0. The normalized spacial score (nSPS) is 12.6. The quantitative estimate of drug-likeness (QED) is 0.341. The molecule has 1 aromatic rings. The van der Waals surface area contributed by atoms with Crippen LogP contribution in [-0.4, -0.2) is 58.3 Å². The van der Waals surface area contributed by atoms with Gasteiger partial charge in [0.05, 0.1) is 0 Å². The van der Waals surface area contributed by atoms with Crippen molar-refractivity contribution in [1.29, 1.82) is 0 Å². The van der Waals surface area contributed by atoms with Gasteiger partial charge in [-0.15, -0.1) is 0 Å². The summed E-state index contributed by atoms with van der Waals surface area (Å²) in [4.78, 5) is 23.8. The molecule has 1 rings (SSSR count). The zero-order chi connectivity index (χ0) is 17.7. The van der Waals surface area contributed by atoms with Crippen LogP contribution in [0.4, 0.5) is 0 Å². The van der Waals surface area contributed by atoms with E-state index in [-0.39, 0.29) is 22.1 Å². The molecule has 1 N–H and O–H groups in total. The van der Waals surface area contributed by atoms with Gasteiger partial charge in [-0.2, -0.15) is 0 Å². The number of thiol groups is 1. The SMILES string of the molecule is O=C(CCS(=O)(=O)C(=O)c1ccccc1S)[As]CCS(=O)(=O)O. The van der Waals surface area contributed by atoms with E-state index in [9.17, 15) is 26.4 Å². The van der Waals surface area contributed by atoms with Crippen molar-refractivity contribution in [3.8, 4) is 0 Å². The molecule has 0 aromatic heterocycles. The Hall–Kier alpha value is -0.672. The Morgan fingerprint density at radius 2 is 1.70 bits per heavy atom. The van der Waals surface area contributed by atoms with Crippen LogP contribution >= 0.6 is 12.6 Å². The van der Waals surface area contributed by atoms with Gasteiger partial charge >= 0.3 is 147 Å². The summed E-state index contributed by atoms with van der Waals surface area (Å²) in [5, 5.41) is -1.10. The van der Waals surface area contributed by atoms with E-state index in [1.165, 1.54) is 18.2 Å². The van der Waals surface area contributed by atoms with Gasteiger partial charge in [0.15, 0.2) is 0 Å². The molecule has 0 amide bonds. The van der Waals surface area contributed by atoms with Gasteiger partial charge in [0.1, 0.15) is 0 Å². The molecule has 0 aliphatic carbocycles. The van der Waals surface area contributed by atoms with Gasteiger partial charge in [-0.1, -0.05) is 0 Å². The third-order valence-electron chi connectivity index (χ3n) is 2.63. The van der Waals surface area contributed by atoms with Crippen LogP contribution in [0.3, 0.4) is 0 Å². The minimum atomic E-state index is -4.15. The van der Waals surface area contributed by atoms with E-state index in [4.69, 9.17) is 4.55 Å². The van der Waals surface area contributed by atoms with Crippen molar-refractivity contribution in [2.75, 3.05) is 11.5 Å². The van der Waals surface area contributed by atoms with E-state index < -0.39 is 56.9 Å². The average molecular weight is 441 g/mol. The van der Waals surface area contributed by atoms with Crippen LogP contribution in [0.5, 0.6) is 0 Å². The summed E-state index contributed by atoms with van der Waals surface area (Å²) < 4.78 is 53.1. The molecular formula is C12H14AsO7S3. The zero-order valence-corrected chi connectivity index (χ0v) is 16.1. The number of hydrogen-bond donors (Lipinski definition) is 2. The fourth-order valence-corrected chi connectivity index (χ4v) is 6.75. The van der Waals surface area contributed by atoms with E-state index in [0.717, 1.165) is 0 Å². The van der Waals surface area contributed by atoms with Crippen molar-refractivity contribution >= 4 is 58.0 Å². The molecule has 1 aromatic carbocycles. The fourth-order valence-electron chi connectivity index (χ4n) is 1.49. The van der Waals surface area contributed by atoms with Gasteiger partial charge in [-0.3, -0.25) is 0 Å². The van der Waals surface area contributed by atoms with Gasteiger partial charge in [0, 0.05) is 0 Å². The molecule has 11 heteroatoms. The molecule has 23 heavy (non-hydrogen) atoms. The second-order valence-electron chi connectivity index (χ2n) is 4.43. The van der Waals surface area contributed by atoms with Crippen LogP contribution in [0.2, 0.25) is 5.21 Å². The maximum atomic E-state index is 12.0. The van der Waals surface area contributed by atoms with Crippen LogP contribution in [0, 0.1) is 0 Å². The van der Waals surface area contributed by atoms with E-state index in [1.807, 2.05) is 0 Å². The van der Waals surface area contributed by atoms with Crippen LogP contribution in [0.1, 0.15) is 16.8 Å². The number of benzene rings is 1. The summed E-state index contributed by atoms with van der Waals surface area (Å²) in [5.74, 6) is -1.16. The standard InChI is InChI=1S/C12H14AsO7S3/c14-11(13-6-8-23(18,19)20)5-7-22(16,17)12(15)9-3-1-2-4-10(9)21/h1-4,21H,5-8H2,(H,18,19,20). The third kappa shape index (κ3) is 7.17. The monoisotopic (exact) mass is 441 g/mol. The third-order valence-corrected chi connectivity index (χ3v) is 8.07. The number of sulfone groups is 1. The first-order valence-corrected chi connectivity index (χ1v) is 12.2. The van der Waals surface area contributed by atoms with Crippen molar-refractivity contribution in [2.45, 2.75) is 16.5 Å². The Morgan fingerprint density at radius 3 is 2.26 bits per heavy atom.